The lowest BCUT2D eigenvalue weighted by molar-refractivity contribution is -0.183. The third kappa shape index (κ3) is 22.8. The standard InChI is InChI=1S/C55H90N6O13S/c1-10-26-61(54(69)50(37(7)12-3)59-52(68)44-18-14-15-27-60(44)9)45(36(5)6)32-46(71-28-11-2)53-58-43(35-75-53)51(67)57-40(31-39-21-23-41(63)24-22-39)30-38(8)55(70)72-29-17-25-56-47(64)19-16-20-48(65)73-34-49(66)74-42(13-4)33-62/h21-24,35-38,40,42,44-46,49-50,62-63,66H,10-20,25-34H2,1-9H3,(H,56,64)(H,57,67)(H,59,68)/t37-,38-,40+,42?,44+,45+,46+,49?,50-/m0/s1. The molecule has 1 aliphatic heterocycles. The smallest absolute Gasteiger partial charge is 0.308 e. The quantitative estimate of drug-likeness (QED) is 0.0252. The van der Waals surface area contributed by atoms with E-state index in [1.165, 1.54) is 11.3 Å². The Kier molecular flexibility index (Phi) is 30.0. The number of rotatable bonds is 36. The van der Waals surface area contributed by atoms with Crippen LogP contribution in [0.1, 0.15) is 166 Å². The number of aliphatic hydroxyl groups is 2. The number of carbonyl (C=O) groups is 6. The second kappa shape index (κ2) is 34.8. The number of carbonyl (C=O) groups excluding carboxylic acids is 6. The second-order valence-corrected chi connectivity index (χ2v) is 21.2. The Labute approximate surface area is 449 Å². The summed E-state index contributed by atoms with van der Waals surface area (Å²) >= 11 is 1.31. The molecular weight excluding hydrogens is 985 g/mol. The van der Waals surface area contributed by atoms with Crippen LogP contribution in [0.15, 0.2) is 29.6 Å². The van der Waals surface area contributed by atoms with Gasteiger partial charge in [-0.1, -0.05) is 80.4 Å². The van der Waals surface area contributed by atoms with Gasteiger partial charge in [0.25, 0.3) is 5.91 Å². The van der Waals surface area contributed by atoms with Crippen LogP contribution in [0, 0.1) is 17.8 Å². The number of esters is 2. The van der Waals surface area contributed by atoms with Gasteiger partial charge < -0.3 is 55.1 Å². The average Bonchev–Trinajstić information content (AvgIpc) is 3.89. The van der Waals surface area contributed by atoms with Gasteiger partial charge in [-0.3, -0.25) is 33.7 Å². The van der Waals surface area contributed by atoms with Gasteiger partial charge in [-0.05, 0) is 101 Å². The maximum absolute atomic E-state index is 14.8. The molecule has 0 aliphatic carbocycles. The monoisotopic (exact) mass is 1070 g/mol. The molecular formula is C55H90N6O13S. The minimum atomic E-state index is -1.36. The number of benzene rings is 1. The molecule has 424 valence electrons. The summed E-state index contributed by atoms with van der Waals surface area (Å²) in [5, 5.41) is 40.3. The highest BCUT2D eigenvalue weighted by molar-refractivity contribution is 7.09. The molecule has 20 heteroatoms. The van der Waals surface area contributed by atoms with E-state index in [0.29, 0.717) is 50.3 Å². The Balaban J connectivity index is 1.65. The fourth-order valence-corrected chi connectivity index (χ4v) is 9.83. The van der Waals surface area contributed by atoms with Crippen LogP contribution in [0.2, 0.25) is 0 Å². The Morgan fingerprint density at radius 3 is 2.28 bits per heavy atom. The lowest BCUT2D eigenvalue weighted by Gasteiger charge is -2.40. The number of aliphatic hydroxyl groups excluding tert-OH is 2. The third-order valence-corrected chi connectivity index (χ3v) is 14.6. The summed E-state index contributed by atoms with van der Waals surface area (Å²) in [6, 6.07) is 4.86. The van der Waals surface area contributed by atoms with Crippen molar-refractivity contribution in [2.45, 2.75) is 188 Å². The van der Waals surface area contributed by atoms with E-state index in [9.17, 15) is 44.1 Å². The van der Waals surface area contributed by atoms with Gasteiger partial charge in [0.1, 0.15) is 35.2 Å². The zero-order valence-corrected chi connectivity index (χ0v) is 47.0. The molecule has 3 rings (SSSR count). The van der Waals surface area contributed by atoms with Crippen molar-refractivity contribution in [3.63, 3.8) is 0 Å². The van der Waals surface area contributed by atoms with Gasteiger partial charge in [-0.15, -0.1) is 11.3 Å². The van der Waals surface area contributed by atoms with Crippen LogP contribution in [0.25, 0.3) is 0 Å². The van der Waals surface area contributed by atoms with Gasteiger partial charge in [0.15, 0.2) is 6.29 Å². The van der Waals surface area contributed by atoms with E-state index in [2.05, 4.69) is 34.7 Å². The molecule has 75 heavy (non-hydrogen) atoms. The number of aromatic hydroxyl groups is 1. The molecule has 1 aromatic carbocycles. The van der Waals surface area contributed by atoms with Crippen LogP contribution in [-0.2, 0) is 49.3 Å². The van der Waals surface area contributed by atoms with Crippen molar-refractivity contribution < 1.29 is 63.0 Å². The number of hydrogen-bond acceptors (Lipinski definition) is 16. The van der Waals surface area contributed by atoms with E-state index in [1.807, 2.05) is 39.6 Å². The molecule has 6 N–H and O–H groups in total. The number of thiazole rings is 1. The SMILES string of the molecule is CCCO[C@H](C[C@H](C(C)C)N(CCC)C(=O)[C@@H](NC(=O)[C@H]1CCCCN1C)[C@@H](C)CC)c1nc(C(=O)N[C@@H](Cc2ccc(O)cc2)C[C@H](C)C(=O)OCCCNC(=O)CCCC(=O)OCC(O)OC(CC)CO)cs1. The number of amides is 4. The molecule has 19 nitrogen and oxygen atoms in total. The summed E-state index contributed by atoms with van der Waals surface area (Å²) in [4.78, 5) is 89.1. The summed E-state index contributed by atoms with van der Waals surface area (Å²) in [7, 11) is 1.97. The average molecular weight is 1080 g/mol. The van der Waals surface area contributed by atoms with E-state index in [1.54, 1.807) is 43.5 Å². The molecule has 4 amide bonds. The molecule has 2 aromatic rings. The highest BCUT2D eigenvalue weighted by Crippen LogP contribution is 2.32. The first-order valence-corrected chi connectivity index (χ1v) is 28.2. The fourth-order valence-electron chi connectivity index (χ4n) is 8.97. The molecule has 1 fully saturated rings. The first kappa shape index (κ1) is 64.6. The maximum atomic E-state index is 14.8. The summed E-state index contributed by atoms with van der Waals surface area (Å²) < 4.78 is 22.2. The molecule has 0 saturated carbocycles. The number of ether oxygens (including phenoxy) is 4. The van der Waals surface area contributed by atoms with Crippen LogP contribution in [0.4, 0.5) is 0 Å². The maximum Gasteiger partial charge on any atom is 0.308 e. The van der Waals surface area contributed by atoms with Gasteiger partial charge in [0, 0.05) is 56.4 Å². The van der Waals surface area contributed by atoms with Crippen LogP contribution in [0.3, 0.4) is 0 Å². The van der Waals surface area contributed by atoms with Crippen molar-refractivity contribution >= 4 is 46.9 Å². The van der Waals surface area contributed by atoms with Crippen molar-refractivity contribution in [3.8, 4) is 5.75 Å². The highest BCUT2D eigenvalue weighted by Gasteiger charge is 2.38. The van der Waals surface area contributed by atoms with E-state index < -0.39 is 54.3 Å². The van der Waals surface area contributed by atoms with Crippen LogP contribution < -0.4 is 16.0 Å². The van der Waals surface area contributed by atoms with E-state index in [0.717, 1.165) is 44.2 Å². The molecule has 1 saturated heterocycles. The summed E-state index contributed by atoms with van der Waals surface area (Å²) in [6.07, 6.45) is 4.57. The lowest BCUT2D eigenvalue weighted by atomic mass is 9.92. The topological polar surface area (TPSA) is 255 Å². The summed E-state index contributed by atoms with van der Waals surface area (Å²) in [5.74, 6) is -2.61. The van der Waals surface area contributed by atoms with E-state index in [-0.39, 0.29) is 105 Å². The minimum Gasteiger partial charge on any atom is -0.508 e. The number of likely N-dealkylation sites (tertiary alicyclic amines) is 1. The highest BCUT2D eigenvalue weighted by atomic mass is 32.1. The van der Waals surface area contributed by atoms with Crippen LogP contribution in [-0.4, -0.2) is 155 Å². The molecule has 9 atom stereocenters. The number of likely N-dealkylation sites (N-methyl/N-ethyl adjacent to an activating group) is 1. The Bertz CT molecular complexity index is 2020. The fraction of sp³-hybridized carbons (Fsp3) is 0.727. The van der Waals surface area contributed by atoms with Crippen molar-refractivity contribution in [2.75, 3.05) is 53.1 Å². The first-order chi connectivity index (χ1) is 35.8. The Morgan fingerprint density at radius 1 is 0.907 bits per heavy atom. The van der Waals surface area contributed by atoms with E-state index in [4.69, 9.17) is 23.9 Å². The zero-order valence-electron chi connectivity index (χ0n) is 46.2. The number of hydrogen-bond donors (Lipinski definition) is 6. The van der Waals surface area contributed by atoms with Gasteiger partial charge in [-0.25, -0.2) is 4.98 Å². The van der Waals surface area contributed by atoms with Gasteiger partial charge in [0.2, 0.25) is 17.7 Å². The lowest BCUT2D eigenvalue weighted by Crippen LogP contribution is -2.58. The predicted molar refractivity (Wildman–Crippen MR) is 286 cm³/mol. The zero-order chi connectivity index (χ0) is 55.5. The third-order valence-electron chi connectivity index (χ3n) is 13.6. The first-order valence-electron chi connectivity index (χ1n) is 27.4. The predicted octanol–water partition coefficient (Wildman–Crippen LogP) is 6.22. The normalized spacial score (nSPS) is 17.1. The van der Waals surface area contributed by atoms with Crippen LogP contribution in [0.5, 0.6) is 5.75 Å². The molecule has 0 radical (unpaired) electrons. The molecule has 2 heterocycles. The molecule has 0 bridgehead atoms. The Hall–Kier alpha value is -4.73. The van der Waals surface area contributed by atoms with Gasteiger partial charge >= 0.3 is 11.9 Å². The molecule has 0 spiro atoms. The molecule has 2 unspecified atom stereocenters. The van der Waals surface area contributed by atoms with Crippen molar-refractivity contribution in [2.24, 2.45) is 17.8 Å². The van der Waals surface area contributed by atoms with Crippen molar-refractivity contribution in [1.82, 2.24) is 30.7 Å². The van der Waals surface area contributed by atoms with E-state index >= 15 is 0 Å². The number of aromatic nitrogens is 1. The van der Waals surface area contributed by atoms with Crippen LogP contribution >= 0.6 is 11.3 Å². The number of piperidine rings is 1. The van der Waals surface area contributed by atoms with Crippen molar-refractivity contribution in [1.29, 1.82) is 0 Å². The van der Waals surface area contributed by atoms with Crippen molar-refractivity contribution in [3.05, 3.63) is 45.9 Å². The number of nitrogens with zero attached hydrogens (tertiary/aromatic N) is 3. The number of phenolic OH excluding ortho intramolecular Hbond substituents is 1. The molecule has 1 aromatic heterocycles. The minimum absolute atomic E-state index is 0.0215. The van der Waals surface area contributed by atoms with Gasteiger partial charge in [0.05, 0.1) is 31.3 Å². The summed E-state index contributed by atoms with van der Waals surface area (Å²) in [5.41, 5.74) is 1.02. The largest absolute Gasteiger partial charge is 0.508 e. The number of phenols is 1. The second-order valence-electron chi connectivity index (χ2n) is 20.3. The molecule has 1 aliphatic rings. The summed E-state index contributed by atoms with van der Waals surface area (Å²) in [6.45, 7) is 17.2. The number of nitrogens with one attached hydrogen (secondary N) is 3. The van der Waals surface area contributed by atoms with Gasteiger partial charge in [-0.2, -0.15) is 0 Å². The Morgan fingerprint density at radius 2 is 1.64 bits per heavy atom.